The second-order valence-corrected chi connectivity index (χ2v) is 10.1. The van der Waals surface area contributed by atoms with Crippen molar-refractivity contribution in [1.82, 2.24) is 0 Å². The fourth-order valence-corrected chi connectivity index (χ4v) is 7.17. The standard InChI is InChI=1S/C24H31NO3/c1-16-8-9-24(28-3)20-12-18-6-7-19(15-26)22(27)21(18)23(24,13-16)10-11-25(20,2)14-17-4-5-17/h6-7,15,17,20H,1,4-5,8-14H2,2-3H3/p+1/t20-,23-,24-,25?/m1/s1. The number of allylic oxidation sites excluding steroid dienone is 1. The monoisotopic (exact) mass is 382 g/mol. The molecule has 3 fully saturated rings. The number of hydrogen-bond acceptors (Lipinski definition) is 3. The predicted octanol–water partition coefficient (Wildman–Crippen LogP) is 3.75. The summed E-state index contributed by atoms with van der Waals surface area (Å²) in [5.74, 6) is 1.04. The van der Waals surface area contributed by atoms with Crippen LogP contribution in [0.1, 0.15) is 60.0 Å². The van der Waals surface area contributed by atoms with Gasteiger partial charge in [-0.3, -0.25) is 4.79 Å². The molecule has 2 saturated carbocycles. The Morgan fingerprint density at radius 1 is 1.36 bits per heavy atom. The molecule has 28 heavy (non-hydrogen) atoms. The van der Waals surface area contributed by atoms with Crippen LogP contribution in [-0.2, 0) is 16.6 Å². The maximum Gasteiger partial charge on any atom is 0.153 e. The molecule has 4 atom stereocenters. The van der Waals surface area contributed by atoms with E-state index in [9.17, 15) is 9.90 Å². The fraction of sp³-hybridized carbons (Fsp3) is 0.625. The number of carbonyl (C=O) groups is 1. The first-order valence-corrected chi connectivity index (χ1v) is 10.8. The second kappa shape index (κ2) is 5.93. The Morgan fingerprint density at radius 3 is 2.82 bits per heavy atom. The third kappa shape index (κ3) is 2.22. The van der Waals surface area contributed by atoms with Crippen LogP contribution >= 0.6 is 0 Å². The zero-order valence-corrected chi connectivity index (χ0v) is 17.2. The summed E-state index contributed by atoms with van der Waals surface area (Å²) in [5.41, 5.74) is 3.24. The van der Waals surface area contributed by atoms with Gasteiger partial charge >= 0.3 is 0 Å². The first kappa shape index (κ1) is 18.4. The molecule has 4 nitrogen and oxygen atoms in total. The average molecular weight is 383 g/mol. The minimum Gasteiger partial charge on any atom is -0.507 e. The lowest BCUT2D eigenvalue weighted by Crippen LogP contribution is -2.78. The van der Waals surface area contributed by atoms with Gasteiger partial charge in [0.05, 0.1) is 25.7 Å². The minimum atomic E-state index is -0.304. The molecule has 3 aliphatic carbocycles. The Bertz CT molecular complexity index is 860. The van der Waals surface area contributed by atoms with Gasteiger partial charge < -0.3 is 14.3 Å². The molecule has 1 unspecified atom stereocenters. The number of hydrogen-bond donors (Lipinski definition) is 1. The van der Waals surface area contributed by atoms with Gasteiger partial charge in [0.25, 0.3) is 0 Å². The van der Waals surface area contributed by atoms with Crippen LogP contribution in [0.15, 0.2) is 24.3 Å². The van der Waals surface area contributed by atoms with Crippen LogP contribution in [0.3, 0.4) is 0 Å². The van der Waals surface area contributed by atoms with Crippen LogP contribution < -0.4 is 0 Å². The van der Waals surface area contributed by atoms with Gasteiger partial charge in [-0.2, -0.15) is 0 Å². The molecule has 0 radical (unpaired) electrons. The molecule has 4 heteroatoms. The van der Waals surface area contributed by atoms with E-state index in [1.54, 1.807) is 6.07 Å². The van der Waals surface area contributed by atoms with Crippen molar-refractivity contribution in [2.24, 2.45) is 5.92 Å². The molecule has 0 spiro atoms. The van der Waals surface area contributed by atoms with Gasteiger partial charge in [0.2, 0.25) is 0 Å². The third-order valence-electron chi connectivity index (χ3n) is 8.60. The molecule has 1 N–H and O–H groups in total. The number of ether oxygens (including phenoxy) is 1. The highest BCUT2D eigenvalue weighted by Crippen LogP contribution is 2.63. The third-order valence-corrected chi connectivity index (χ3v) is 8.60. The Labute approximate surface area is 167 Å². The number of nitrogens with zero attached hydrogens (tertiary/aromatic N) is 1. The second-order valence-electron chi connectivity index (χ2n) is 10.1. The highest BCUT2D eigenvalue weighted by molar-refractivity contribution is 5.81. The number of quaternary nitrogens is 1. The van der Waals surface area contributed by atoms with Crippen molar-refractivity contribution in [3.63, 3.8) is 0 Å². The largest absolute Gasteiger partial charge is 0.507 e. The lowest BCUT2D eigenvalue weighted by atomic mass is 9.48. The van der Waals surface area contributed by atoms with E-state index in [4.69, 9.17) is 4.74 Å². The summed E-state index contributed by atoms with van der Waals surface area (Å²) in [6, 6.07) is 4.25. The van der Waals surface area contributed by atoms with Gasteiger partial charge in [0, 0.05) is 36.8 Å². The Morgan fingerprint density at radius 2 is 2.14 bits per heavy atom. The Hall–Kier alpha value is -1.65. The minimum absolute atomic E-state index is 0.181. The lowest BCUT2D eigenvalue weighted by molar-refractivity contribution is -0.950. The highest BCUT2D eigenvalue weighted by Gasteiger charge is 2.70. The van der Waals surface area contributed by atoms with E-state index in [-0.39, 0.29) is 16.8 Å². The summed E-state index contributed by atoms with van der Waals surface area (Å²) < 4.78 is 7.59. The summed E-state index contributed by atoms with van der Waals surface area (Å²) in [4.78, 5) is 11.6. The average Bonchev–Trinajstić information content (AvgIpc) is 3.48. The van der Waals surface area contributed by atoms with E-state index in [0.717, 1.165) is 60.9 Å². The van der Waals surface area contributed by atoms with Crippen LogP contribution in [0.4, 0.5) is 0 Å². The zero-order chi connectivity index (χ0) is 19.7. The molecule has 1 aliphatic heterocycles. The number of fused-ring (bicyclic) bond motifs is 1. The zero-order valence-electron chi connectivity index (χ0n) is 17.2. The fourth-order valence-electron chi connectivity index (χ4n) is 7.17. The molecule has 1 saturated heterocycles. The molecule has 4 aliphatic rings. The first-order chi connectivity index (χ1) is 13.4. The van der Waals surface area contributed by atoms with Crippen molar-refractivity contribution in [3.8, 4) is 5.75 Å². The van der Waals surface area contributed by atoms with E-state index in [1.807, 2.05) is 7.11 Å². The van der Waals surface area contributed by atoms with E-state index in [1.165, 1.54) is 30.5 Å². The molecule has 2 bridgehead atoms. The molecule has 1 heterocycles. The molecular formula is C24H32NO3+. The number of phenols is 1. The summed E-state index contributed by atoms with van der Waals surface area (Å²) in [5, 5.41) is 11.1. The normalized spacial score (nSPS) is 39.2. The van der Waals surface area contributed by atoms with Gasteiger partial charge in [-0.1, -0.05) is 18.2 Å². The van der Waals surface area contributed by atoms with E-state index in [2.05, 4.69) is 19.7 Å². The number of methoxy groups -OCH3 is 1. The summed E-state index contributed by atoms with van der Waals surface area (Å²) >= 11 is 0. The van der Waals surface area contributed by atoms with Gasteiger partial charge in [0.1, 0.15) is 17.4 Å². The molecule has 0 amide bonds. The van der Waals surface area contributed by atoms with E-state index in [0.29, 0.717) is 11.6 Å². The van der Waals surface area contributed by atoms with Crippen molar-refractivity contribution in [3.05, 3.63) is 41.0 Å². The number of phenolic OH excluding ortho intramolecular Hbond substituents is 1. The number of aromatic hydroxyl groups is 1. The molecule has 1 aromatic carbocycles. The number of rotatable bonds is 4. The number of carbonyl (C=O) groups excluding carboxylic acids is 1. The van der Waals surface area contributed by atoms with Crippen molar-refractivity contribution in [2.75, 3.05) is 27.2 Å². The molecule has 0 aromatic heterocycles. The number of aldehydes is 1. The predicted molar refractivity (Wildman–Crippen MR) is 109 cm³/mol. The van der Waals surface area contributed by atoms with Crippen LogP contribution in [-0.4, -0.2) is 54.8 Å². The molecule has 5 rings (SSSR count). The van der Waals surface area contributed by atoms with E-state index >= 15 is 0 Å². The smallest absolute Gasteiger partial charge is 0.153 e. The highest BCUT2D eigenvalue weighted by atomic mass is 16.5. The molecular weight excluding hydrogens is 350 g/mol. The Balaban J connectivity index is 1.75. The van der Waals surface area contributed by atoms with Gasteiger partial charge in [-0.15, -0.1) is 0 Å². The molecule has 150 valence electrons. The van der Waals surface area contributed by atoms with Gasteiger partial charge in [0.15, 0.2) is 6.29 Å². The maximum atomic E-state index is 11.6. The number of benzene rings is 1. The van der Waals surface area contributed by atoms with Crippen LogP contribution in [0.5, 0.6) is 5.75 Å². The van der Waals surface area contributed by atoms with Crippen molar-refractivity contribution in [1.29, 1.82) is 0 Å². The summed E-state index contributed by atoms with van der Waals surface area (Å²) in [7, 11) is 4.30. The first-order valence-electron chi connectivity index (χ1n) is 10.8. The van der Waals surface area contributed by atoms with Crippen LogP contribution in [0.2, 0.25) is 0 Å². The summed E-state index contributed by atoms with van der Waals surface area (Å²) in [6.07, 6.45) is 8.18. The molecule has 1 aromatic rings. The van der Waals surface area contributed by atoms with Crippen LogP contribution in [0.25, 0.3) is 0 Å². The topological polar surface area (TPSA) is 46.5 Å². The van der Waals surface area contributed by atoms with E-state index < -0.39 is 0 Å². The van der Waals surface area contributed by atoms with Crippen molar-refractivity contribution < 1.29 is 19.1 Å². The SMILES string of the molecule is C=C1CC[C@@]2(OC)[C@H]3Cc4ccc(C=O)c(O)c4[C@@]2(CC[N+]3(C)CC2CC2)C1. The lowest BCUT2D eigenvalue weighted by Gasteiger charge is -2.67. The quantitative estimate of drug-likeness (QED) is 0.490. The summed E-state index contributed by atoms with van der Waals surface area (Å²) in [6.45, 7) is 6.68. The number of piperidine rings is 1. The number of likely N-dealkylation sites (tertiary alicyclic amines) is 1. The Kier molecular flexibility index (Phi) is 3.89. The van der Waals surface area contributed by atoms with Gasteiger partial charge in [-0.25, -0.2) is 0 Å². The van der Waals surface area contributed by atoms with Crippen LogP contribution in [0, 0.1) is 5.92 Å². The number of likely N-dealkylation sites (N-methyl/N-ethyl adjacent to an activating group) is 1. The van der Waals surface area contributed by atoms with Crippen molar-refractivity contribution >= 4 is 6.29 Å². The van der Waals surface area contributed by atoms with Crippen molar-refractivity contribution in [2.45, 2.75) is 62.0 Å². The van der Waals surface area contributed by atoms with Gasteiger partial charge in [-0.05, 0) is 43.7 Å². The maximum absolute atomic E-state index is 11.6.